The summed E-state index contributed by atoms with van der Waals surface area (Å²) in [5, 5.41) is 19.1. The second-order valence-electron chi connectivity index (χ2n) is 7.81. The molecule has 0 saturated carbocycles. The van der Waals surface area contributed by atoms with Gasteiger partial charge in [0.15, 0.2) is 12.4 Å². The number of amides is 1. The zero-order chi connectivity index (χ0) is 23.3. The molecule has 9 heteroatoms. The quantitative estimate of drug-likeness (QED) is 0.310. The Kier molecular flexibility index (Phi) is 6.07. The Morgan fingerprint density at radius 1 is 1.09 bits per heavy atom. The van der Waals surface area contributed by atoms with Gasteiger partial charge in [-0.15, -0.1) is 10.2 Å². The van der Waals surface area contributed by atoms with Crippen molar-refractivity contribution in [2.24, 2.45) is 0 Å². The number of nitrogens with one attached hydrogen (secondary N) is 2. The molecule has 2 N–H and O–H groups in total. The molecule has 0 aliphatic heterocycles. The molecule has 2 heterocycles. The van der Waals surface area contributed by atoms with E-state index in [2.05, 4.69) is 32.9 Å². The summed E-state index contributed by atoms with van der Waals surface area (Å²) in [6.45, 7) is 2.33. The number of carbonyl (C=O) groups excluding carboxylic acids is 1. The molecule has 0 unspecified atom stereocenters. The number of unbranched alkanes of at least 4 members (excludes halogenated alkanes) is 1. The van der Waals surface area contributed by atoms with Gasteiger partial charge in [-0.05, 0) is 53.6 Å². The number of para-hydroxylation sites is 1. The van der Waals surface area contributed by atoms with Gasteiger partial charge in [-0.3, -0.25) is 5.32 Å². The molecule has 0 radical (unpaired) electrons. The van der Waals surface area contributed by atoms with Crippen LogP contribution >= 0.6 is 0 Å². The van der Waals surface area contributed by atoms with Crippen molar-refractivity contribution in [3.8, 4) is 11.5 Å². The van der Waals surface area contributed by atoms with Crippen LogP contribution in [0.5, 0.6) is 11.5 Å². The van der Waals surface area contributed by atoms with E-state index in [-0.39, 0.29) is 6.61 Å². The van der Waals surface area contributed by atoms with Crippen LogP contribution in [0.2, 0.25) is 0 Å². The van der Waals surface area contributed by atoms with Crippen molar-refractivity contribution in [1.82, 2.24) is 20.6 Å². The molecule has 172 valence electrons. The van der Waals surface area contributed by atoms with Crippen LogP contribution in [-0.2, 0) is 13.0 Å². The maximum absolute atomic E-state index is 12.7. The van der Waals surface area contributed by atoms with Gasteiger partial charge in [0.05, 0.1) is 5.39 Å². The molecule has 34 heavy (non-hydrogen) atoms. The van der Waals surface area contributed by atoms with Gasteiger partial charge in [-0.2, -0.15) is 5.21 Å². The zero-order valence-corrected chi connectivity index (χ0v) is 18.6. The number of aromatic amines is 1. The molecular weight excluding hydrogens is 434 g/mol. The molecule has 0 saturated heterocycles. The van der Waals surface area contributed by atoms with Gasteiger partial charge in [-0.1, -0.05) is 42.8 Å². The normalized spacial score (nSPS) is 11.1. The molecule has 0 aliphatic rings. The number of furan rings is 1. The van der Waals surface area contributed by atoms with E-state index in [1.165, 1.54) is 0 Å². The first-order chi connectivity index (χ1) is 16.7. The van der Waals surface area contributed by atoms with Crippen LogP contribution in [0.25, 0.3) is 21.7 Å². The Bertz CT molecular complexity index is 1430. The lowest BCUT2D eigenvalue weighted by Crippen LogP contribution is -2.17. The molecule has 0 fully saturated rings. The van der Waals surface area contributed by atoms with Crippen molar-refractivity contribution in [3.63, 3.8) is 0 Å². The van der Waals surface area contributed by atoms with Gasteiger partial charge in [0.1, 0.15) is 17.1 Å². The first-order valence-corrected chi connectivity index (χ1v) is 11.1. The van der Waals surface area contributed by atoms with E-state index >= 15 is 0 Å². The number of rotatable bonds is 8. The fourth-order valence-corrected chi connectivity index (χ4v) is 3.71. The molecule has 0 bridgehead atoms. The van der Waals surface area contributed by atoms with Gasteiger partial charge in [-0.25, -0.2) is 4.79 Å². The van der Waals surface area contributed by atoms with Crippen molar-refractivity contribution in [2.45, 2.75) is 32.8 Å². The third kappa shape index (κ3) is 4.68. The second kappa shape index (κ2) is 9.62. The number of aryl methyl sites for hydroxylation is 1. The van der Waals surface area contributed by atoms with Crippen molar-refractivity contribution >= 4 is 33.5 Å². The minimum absolute atomic E-state index is 0.219. The van der Waals surface area contributed by atoms with E-state index in [0.29, 0.717) is 40.8 Å². The molecular formula is C25H23N5O4. The van der Waals surface area contributed by atoms with Crippen LogP contribution in [0.3, 0.4) is 0 Å². The lowest BCUT2D eigenvalue weighted by atomic mass is 10.1. The monoisotopic (exact) mass is 457 g/mol. The molecule has 0 spiro atoms. The summed E-state index contributed by atoms with van der Waals surface area (Å²) in [6, 6.07) is 18.9. The Balaban J connectivity index is 1.29. The van der Waals surface area contributed by atoms with E-state index in [9.17, 15) is 4.79 Å². The standard InChI is InChI=1S/C25H23N5O4/c1-2-3-7-22-24(20-6-4-5-8-21(20)33-22)34-25(31)26-18-11-9-17-14-19(12-10-16(17)13-18)32-15-23-27-29-30-28-23/h4-6,8-14H,2-3,7,15H2,1H3,(H,26,31)(H,27,28,29,30). The minimum atomic E-state index is -0.566. The highest BCUT2D eigenvalue weighted by Gasteiger charge is 2.18. The number of benzene rings is 3. The largest absolute Gasteiger partial charge is 0.485 e. The van der Waals surface area contributed by atoms with Crippen molar-refractivity contribution in [1.29, 1.82) is 0 Å². The van der Waals surface area contributed by atoms with Crippen LogP contribution in [0.1, 0.15) is 31.4 Å². The Labute approximate surface area is 195 Å². The first kappa shape index (κ1) is 21.4. The van der Waals surface area contributed by atoms with Gasteiger partial charge in [0, 0.05) is 12.1 Å². The van der Waals surface area contributed by atoms with E-state index < -0.39 is 6.09 Å². The van der Waals surface area contributed by atoms with Crippen molar-refractivity contribution in [2.75, 3.05) is 5.32 Å². The lowest BCUT2D eigenvalue weighted by molar-refractivity contribution is 0.214. The van der Waals surface area contributed by atoms with Crippen LogP contribution < -0.4 is 14.8 Å². The summed E-state index contributed by atoms with van der Waals surface area (Å²) in [5.74, 6) is 2.32. The summed E-state index contributed by atoms with van der Waals surface area (Å²) in [6.07, 6.45) is 2.11. The molecule has 0 atom stereocenters. The number of ether oxygens (including phenoxy) is 2. The van der Waals surface area contributed by atoms with Crippen LogP contribution in [0.15, 0.2) is 65.1 Å². The summed E-state index contributed by atoms with van der Waals surface area (Å²) < 4.78 is 17.4. The number of fused-ring (bicyclic) bond motifs is 2. The van der Waals surface area contributed by atoms with Crippen LogP contribution in [-0.4, -0.2) is 26.7 Å². The molecule has 2 aromatic heterocycles. The van der Waals surface area contributed by atoms with E-state index in [0.717, 1.165) is 29.0 Å². The maximum atomic E-state index is 12.7. The highest BCUT2D eigenvalue weighted by Crippen LogP contribution is 2.34. The summed E-state index contributed by atoms with van der Waals surface area (Å²) >= 11 is 0. The molecule has 0 aliphatic carbocycles. The number of aromatic nitrogens is 4. The van der Waals surface area contributed by atoms with Crippen molar-refractivity contribution < 1.29 is 18.7 Å². The van der Waals surface area contributed by atoms with Gasteiger partial charge < -0.3 is 13.9 Å². The van der Waals surface area contributed by atoms with Gasteiger partial charge in [0.2, 0.25) is 5.82 Å². The maximum Gasteiger partial charge on any atom is 0.417 e. The molecule has 9 nitrogen and oxygen atoms in total. The number of hydrogen-bond acceptors (Lipinski definition) is 7. The minimum Gasteiger partial charge on any atom is -0.485 e. The predicted molar refractivity (Wildman–Crippen MR) is 127 cm³/mol. The molecule has 5 rings (SSSR count). The smallest absolute Gasteiger partial charge is 0.417 e. The molecule has 1 amide bonds. The lowest BCUT2D eigenvalue weighted by Gasteiger charge is -2.09. The van der Waals surface area contributed by atoms with E-state index in [4.69, 9.17) is 13.9 Å². The fraction of sp³-hybridized carbons (Fsp3) is 0.200. The predicted octanol–water partition coefficient (Wildman–Crippen LogP) is 5.63. The number of tetrazole rings is 1. The zero-order valence-electron chi connectivity index (χ0n) is 18.6. The van der Waals surface area contributed by atoms with Crippen molar-refractivity contribution in [3.05, 3.63) is 72.2 Å². The average Bonchev–Trinajstić information content (AvgIpc) is 3.49. The van der Waals surface area contributed by atoms with E-state index in [1.807, 2.05) is 60.7 Å². The fourth-order valence-electron chi connectivity index (χ4n) is 3.71. The highest BCUT2D eigenvalue weighted by atomic mass is 16.6. The Hall–Kier alpha value is -4.40. The van der Waals surface area contributed by atoms with Gasteiger partial charge in [0.25, 0.3) is 0 Å². The second-order valence-corrected chi connectivity index (χ2v) is 7.81. The summed E-state index contributed by atoms with van der Waals surface area (Å²) in [7, 11) is 0. The number of anilines is 1. The average molecular weight is 457 g/mol. The molecule has 5 aromatic rings. The number of nitrogens with zero attached hydrogens (tertiary/aromatic N) is 3. The number of H-pyrrole nitrogens is 1. The number of carbonyl (C=O) groups is 1. The third-order valence-corrected chi connectivity index (χ3v) is 5.39. The summed E-state index contributed by atoms with van der Waals surface area (Å²) in [5.41, 5.74) is 1.33. The molecule has 3 aromatic carbocycles. The topological polar surface area (TPSA) is 115 Å². The Morgan fingerprint density at radius 3 is 2.79 bits per heavy atom. The third-order valence-electron chi connectivity index (χ3n) is 5.39. The summed E-state index contributed by atoms with van der Waals surface area (Å²) in [4.78, 5) is 12.7. The number of hydrogen-bond donors (Lipinski definition) is 2. The van der Waals surface area contributed by atoms with Crippen LogP contribution in [0, 0.1) is 0 Å². The first-order valence-electron chi connectivity index (χ1n) is 11.1. The van der Waals surface area contributed by atoms with Crippen LogP contribution in [0.4, 0.5) is 10.5 Å². The van der Waals surface area contributed by atoms with E-state index in [1.54, 1.807) is 0 Å². The highest BCUT2D eigenvalue weighted by molar-refractivity contribution is 5.94. The SMILES string of the molecule is CCCCc1oc2ccccc2c1OC(=O)Nc1ccc2cc(OCc3nn[nH]n3)ccc2c1. The Morgan fingerprint density at radius 2 is 1.94 bits per heavy atom. The van der Waals surface area contributed by atoms with Gasteiger partial charge >= 0.3 is 6.09 Å².